The lowest BCUT2D eigenvalue weighted by atomic mass is 10.3. The van der Waals surface area contributed by atoms with Gasteiger partial charge in [-0.25, -0.2) is 0 Å². The second kappa shape index (κ2) is 6.15. The van der Waals surface area contributed by atoms with Gasteiger partial charge in [-0.05, 0) is 13.3 Å². The lowest BCUT2D eigenvalue weighted by molar-refractivity contribution is 0.123. The maximum absolute atomic E-state index is 5.66. The van der Waals surface area contributed by atoms with E-state index in [-0.39, 0.29) is 0 Å². The summed E-state index contributed by atoms with van der Waals surface area (Å²) in [7, 11) is 2.39. The first kappa shape index (κ1) is 12.6. The SMILES string of the molecule is CC=C(N)CC[Si](OC)(OC)OC. The summed E-state index contributed by atoms with van der Waals surface area (Å²) in [6, 6.07) is 0.715. The molecule has 0 aromatic rings. The molecule has 0 heterocycles. The Morgan fingerprint density at radius 1 is 1.23 bits per heavy atom. The van der Waals surface area contributed by atoms with Crippen molar-refractivity contribution < 1.29 is 13.3 Å². The summed E-state index contributed by atoms with van der Waals surface area (Å²) in [4.78, 5) is 0. The van der Waals surface area contributed by atoms with Crippen LogP contribution in [-0.2, 0) is 13.3 Å². The highest BCUT2D eigenvalue weighted by Gasteiger charge is 2.37. The fraction of sp³-hybridized carbons (Fsp3) is 0.750. The van der Waals surface area contributed by atoms with Gasteiger partial charge in [0.15, 0.2) is 0 Å². The Kier molecular flexibility index (Phi) is 5.97. The van der Waals surface area contributed by atoms with Gasteiger partial charge in [-0.3, -0.25) is 0 Å². The molecule has 0 fully saturated rings. The van der Waals surface area contributed by atoms with Crippen LogP contribution in [0, 0.1) is 0 Å². The summed E-state index contributed by atoms with van der Waals surface area (Å²) in [5, 5.41) is 0. The van der Waals surface area contributed by atoms with Gasteiger partial charge in [0.2, 0.25) is 0 Å². The Balaban J connectivity index is 4.10. The van der Waals surface area contributed by atoms with Gasteiger partial charge in [-0.1, -0.05) is 6.08 Å². The Hall–Kier alpha value is -0.363. The highest BCUT2D eigenvalue weighted by Crippen LogP contribution is 2.16. The van der Waals surface area contributed by atoms with Gasteiger partial charge in [0.1, 0.15) is 0 Å². The molecule has 0 aliphatic carbocycles. The predicted octanol–water partition coefficient (Wildman–Crippen LogP) is 1.12. The standard InChI is InChI=1S/C8H19NO3Si/c1-5-8(9)6-7-13(10-2,11-3)12-4/h5H,6-7,9H2,1-4H3. The van der Waals surface area contributed by atoms with Crippen LogP contribution in [0.2, 0.25) is 6.04 Å². The zero-order valence-electron chi connectivity index (χ0n) is 8.79. The van der Waals surface area contributed by atoms with Crippen molar-refractivity contribution in [3.63, 3.8) is 0 Å². The van der Waals surface area contributed by atoms with Gasteiger partial charge in [-0.2, -0.15) is 0 Å². The molecule has 13 heavy (non-hydrogen) atoms. The molecule has 5 heteroatoms. The third-order valence-electron chi connectivity index (χ3n) is 2.02. The number of nitrogens with two attached hydrogens (primary N) is 1. The van der Waals surface area contributed by atoms with Gasteiger partial charge < -0.3 is 19.0 Å². The van der Waals surface area contributed by atoms with Crippen molar-refractivity contribution in [1.29, 1.82) is 0 Å². The third-order valence-corrected chi connectivity index (χ3v) is 4.75. The summed E-state index contributed by atoms with van der Waals surface area (Å²) in [6.07, 6.45) is 2.62. The molecule has 0 bridgehead atoms. The molecule has 0 atom stereocenters. The van der Waals surface area contributed by atoms with Crippen molar-refractivity contribution in [2.75, 3.05) is 21.3 Å². The van der Waals surface area contributed by atoms with Crippen molar-refractivity contribution in [2.45, 2.75) is 19.4 Å². The second-order valence-corrected chi connectivity index (χ2v) is 5.75. The Morgan fingerprint density at radius 3 is 2.00 bits per heavy atom. The van der Waals surface area contributed by atoms with E-state index in [0.29, 0.717) is 6.04 Å². The minimum atomic E-state index is -2.42. The van der Waals surface area contributed by atoms with Crippen LogP contribution in [0.15, 0.2) is 11.8 Å². The topological polar surface area (TPSA) is 53.7 Å². The summed E-state index contributed by atoms with van der Waals surface area (Å²) >= 11 is 0. The molecule has 0 amide bonds. The quantitative estimate of drug-likeness (QED) is 0.660. The molecule has 0 aliphatic heterocycles. The molecular weight excluding hydrogens is 186 g/mol. The average Bonchev–Trinajstić information content (AvgIpc) is 2.20. The first-order chi connectivity index (χ1) is 6.14. The van der Waals surface area contributed by atoms with Crippen LogP contribution in [0.1, 0.15) is 13.3 Å². The summed E-state index contributed by atoms with van der Waals surface area (Å²) < 4.78 is 15.7. The van der Waals surface area contributed by atoms with Crippen LogP contribution >= 0.6 is 0 Å². The molecule has 0 aromatic carbocycles. The number of hydrogen-bond donors (Lipinski definition) is 1. The molecular formula is C8H19NO3Si. The smallest absolute Gasteiger partial charge is 0.402 e. The molecule has 0 unspecified atom stereocenters. The van der Waals surface area contributed by atoms with Crippen LogP contribution < -0.4 is 5.73 Å². The van der Waals surface area contributed by atoms with Crippen molar-refractivity contribution in [3.05, 3.63) is 11.8 Å². The Labute approximate surface area is 81.0 Å². The molecule has 0 radical (unpaired) electrons. The van der Waals surface area contributed by atoms with Gasteiger partial charge in [0.25, 0.3) is 0 Å². The fourth-order valence-corrected chi connectivity index (χ4v) is 2.71. The van der Waals surface area contributed by atoms with E-state index >= 15 is 0 Å². The molecule has 0 saturated carbocycles. The molecule has 0 rings (SSSR count). The van der Waals surface area contributed by atoms with Crippen LogP contribution in [0.4, 0.5) is 0 Å². The number of hydrogen-bond acceptors (Lipinski definition) is 4. The monoisotopic (exact) mass is 205 g/mol. The van der Waals surface area contributed by atoms with Crippen molar-refractivity contribution in [3.8, 4) is 0 Å². The van der Waals surface area contributed by atoms with Crippen LogP contribution in [0.25, 0.3) is 0 Å². The van der Waals surface area contributed by atoms with Crippen molar-refractivity contribution in [1.82, 2.24) is 0 Å². The molecule has 0 saturated heterocycles. The Morgan fingerprint density at radius 2 is 1.69 bits per heavy atom. The van der Waals surface area contributed by atoms with E-state index in [1.54, 1.807) is 21.3 Å². The zero-order chi connectivity index (χ0) is 10.3. The number of rotatable bonds is 6. The predicted molar refractivity (Wildman–Crippen MR) is 54.1 cm³/mol. The maximum Gasteiger partial charge on any atom is 0.500 e. The van der Waals surface area contributed by atoms with Crippen LogP contribution in [0.3, 0.4) is 0 Å². The second-order valence-electron chi connectivity index (χ2n) is 2.66. The van der Waals surface area contributed by atoms with E-state index < -0.39 is 8.80 Å². The highest BCUT2D eigenvalue weighted by atomic mass is 28.4. The molecule has 2 N–H and O–H groups in total. The summed E-state index contributed by atoms with van der Waals surface area (Å²) in [6.45, 7) is 1.91. The van der Waals surface area contributed by atoms with Gasteiger partial charge >= 0.3 is 8.80 Å². The van der Waals surface area contributed by atoms with Crippen molar-refractivity contribution >= 4 is 8.80 Å². The third kappa shape index (κ3) is 3.90. The van der Waals surface area contributed by atoms with Gasteiger partial charge in [0.05, 0.1) is 0 Å². The lowest BCUT2D eigenvalue weighted by Crippen LogP contribution is -2.42. The van der Waals surface area contributed by atoms with Crippen molar-refractivity contribution in [2.24, 2.45) is 5.73 Å². The molecule has 4 nitrogen and oxygen atoms in total. The van der Waals surface area contributed by atoms with E-state index in [1.165, 1.54) is 0 Å². The van der Waals surface area contributed by atoms with E-state index in [0.717, 1.165) is 12.1 Å². The molecule has 0 aromatic heterocycles. The largest absolute Gasteiger partial charge is 0.500 e. The zero-order valence-corrected chi connectivity index (χ0v) is 9.79. The normalized spacial score (nSPS) is 13.4. The van der Waals surface area contributed by atoms with E-state index in [2.05, 4.69) is 0 Å². The van der Waals surface area contributed by atoms with E-state index in [1.807, 2.05) is 13.0 Å². The van der Waals surface area contributed by atoms with Gasteiger partial charge in [-0.15, -0.1) is 0 Å². The molecule has 78 valence electrons. The first-order valence-electron chi connectivity index (χ1n) is 4.20. The average molecular weight is 205 g/mol. The van der Waals surface area contributed by atoms with Gasteiger partial charge in [0, 0.05) is 33.1 Å². The minimum Gasteiger partial charge on any atom is -0.402 e. The van der Waals surface area contributed by atoms with E-state index in [9.17, 15) is 0 Å². The van der Waals surface area contributed by atoms with Crippen LogP contribution in [-0.4, -0.2) is 30.1 Å². The molecule has 0 aliphatic rings. The van der Waals surface area contributed by atoms with E-state index in [4.69, 9.17) is 19.0 Å². The Bertz CT molecular complexity index is 161. The summed E-state index contributed by atoms with van der Waals surface area (Å²) in [5.41, 5.74) is 6.50. The maximum atomic E-state index is 5.66. The summed E-state index contributed by atoms with van der Waals surface area (Å²) in [5.74, 6) is 0. The molecule has 0 spiro atoms. The first-order valence-corrected chi connectivity index (χ1v) is 6.13. The fourth-order valence-electron chi connectivity index (χ4n) is 0.998. The lowest BCUT2D eigenvalue weighted by Gasteiger charge is -2.24. The highest BCUT2D eigenvalue weighted by molar-refractivity contribution is 6.60. The minimum absolute atomic E-state index is 0.715. The number of allylic oxidation sites excluding steroid dienone is 2. The van der Waals surface area contributed by atoms with Crippen LogP contribution in [0.5, 0.6) is 0 Å².